The number of benzene rings is 2. The Bertz CT molecular complexity index is 818. The molecule has 1 aromatic heterocycles. The predicted octanol–water partition coefficient (Wildman–Crippen LogP) is 5.29. The molecule has 0 spiro atoms. The summed E-state index contributed by atoms with van der Waals surface area (Å²) in [5, 5.41) is 7.37. The Hall–Kier alpha value is -2.05. The molecular formula is C17H13BrFN3S. The smallest absolute Gasteiger partial charge is 0.203 e. The molecule has 0 saturated carbocycles. The van der Waals surface area contributed by atoms with Gasteiger partial charge in [0, 0.05) is 21.8 Å². The van der Waals surface area contributed by atoms with Gasteiger partial charge in [0.05, 0.1) is 11.9 Å². The maximum absolute atomic E-state index is 13.7. The fourth-order valence-electron chi connectivity index (χ4n) is 2.00. The lowest BCUT2D eigenvalue weighted by Gasteiger charge is -2.00. The first-order valence-electron chi connectivity index (χ1n) is 6.90. The van der Waals surface area contributed by atoms with Crippen LogP contribution in [0.5, 0.6) is 0 Å². The highest BCUT2D eigenvalue weighted by atomic mass is 79.9. The maximum atomic E-state index is 13.7. The molecule has 0 atom stereocenters. The van der Waals surface area contributed by atoms with Crippen LogP contribution in [0.15, 0.2) is 59.0 Å². The molecule has 1 heterocycles. The Morgan fingerprint density at radius 3 is 2.83 bits per heavy atom. The summed E-state index contributed by atoms with van der Waals surface area (Å²) < 4.78 is 13.7. The molecule has 0 fully saturated rings. The third-order valence-electron chi connectivity index (χ3n) is 3.15. The highest BCUT2D eigenvalue weighted by Gasteiger charge is 2.04. The zero-order chi connectivity index (χ0) is 16.1. The van der Waals surface area contributed by atoms with E-state index in [1.165, 1.54) is 23.6 Å². The summed E-state index contributed by atoms with van der Waals surface area (Å²) in [6, 6.07) is 14.9. The van der Waals surface area contributed by atoms with Gasteiger partial charge in [-0.15, -0.1) is 11.3 Å². The van der Waals surface area contributed by atoms with Crippen molar-refractivity contribution in [3.8, 4) is 11.3 Å². The van der Waals surface area contributed by atoms with Crippen LogP contribution >= 0.6 is 27.3 Å². The molecule has 0 saturated heterocycles. The summed E-state index contributed by atoms with van der Waals surface area (Å²) in [6.45, 7) is 0. The number of rotatable bonds is 5. The molecule has 0 radical (unpaired) electrons. The Labute approximate surface area is 146 Å². The van der Waals surface area contributed by atoms with E-state index in [0.29, 0.717) is 16.0 Å². The van der Waals surface area contributed by atoms with Crippen LogP contribution in [0, 0.1) is 5.82 Å². The highest BCUT2D eigenvalue weighted by molar-refractivity contribution is 9.08. The van der Waals surface area contributed by atoms with Crippen molar-refractivity contribution in [3.63, 3.8) is 0 Å². The molecule has 6 heteroatoms. The fraction of sp³-hybridized carbons (Fsp3) is 0.0588. The van der Waals surface area contributed by atoms with Crippen LogP contribution < -0.4 is 5.43 Å². The Balaban J connectivity index is 1.70. The second-order valence-electron chi connectivity index (χ2n) is 4.76. The molecule has 1 N–H and O–H groups in total. The largest absolute Gasteiger partial charge is 0.253 e. The number of thiazole rings is 1. The van der Waals surface area contributed by atoms with Crippen LogP contribution in [0.4, 0.5) is 9.52 Å². The minimum absolute atomic E-state index is 0.302. The first-order chi connectivity index (χ1) is 11.3. The van der Waals surface area contributed by atoms with Crippen molar-refractivity contribution in [2.75, 3.05) is 5.43 Å². The highest BCUT2D eigenvalue weighted by Crippen LogP contribution is 2.24. The quantitative estimate of drug-likeness (QED) is 0.365. The topological polar surface area (TPSA) is 37.3 Å². The van der Waals surface area contributed by atoms with Crippen molar-refractivity contribution in [2.24, 2.45) is 5.10 Å². The summed E-state index contributed by atoms with van der Waals surface area (Å²) in [5.41, 5.74) is 6.22. The zero-order valence-electron chi connectivity index (χ0n) is 12.0. The second-order valence-corrected chi connectivity index (χ2v) is 6.18. The number of alkyl halides is 1. The van der Waals surface area contributed by atoms with Gasteiger partial charge < -0.3 is 0 Å². The van der Waals surface area contributed by atoms with Crippen molar-refractivity contribution in [1.29, 1.82) is 0 Å². The third kappa shape index (κ3) is 4.03. The summed E-state index contributed by atoms with van der Waals surface area (Å²) in [6.07, 6.45) is 1.46. The van der Waals surface area contributed by atoms with Gasteiger partial charge in [0.15, 0.2) is 0 Å². The van der Waals surface area contributed by atoms with Gasteiger partial charge in [0.25, 0.3) is 0 Å². The molecule has 116 valence electrons. The molecule has 3 nitrogen and oxygen atoms in total. The molecule has 0 aliphatic rings. The summed E-state index contributed by atoms with van der Waals surface area (Å²) in [4.78, 5) is 4.46. The fourth-order valence-corrected chi connectivity index (χ4v) is 3.02. The van der Waals surface area contributed by atoms with Gasteiger partial charge in [0.2, 0.25) is 5.13 Å². The van der Waals surface area contributed by atoms with Gasteiger partial charge >= 0.3 is 0 Å². The SMILES string of the molecule is Fc1ccc(CBr)cc1C=NNc1nc(-c2ccccc2)cs1. The van der Waals surface area contributed by atoms with E-state index < -0.39 is 0 Å². The van der Waals surface area contributed by atoms with Crippen LogP contribution in [-0.2, 0) is 5.33 Å². The van der Waals surface area contributed by atoms with E-state index in [1.54, 1.807) is 12.1 Å². The number of nitrogens with one attached hydrogen (secondary N) is 1. The van der Waals surface area contributed by atoms with E-state index in [0.717, 1.165) is 16.8 Å². The lowest BCUT2D eigenvalue weighted by molar-refractivity contribution is 0.625. The third-order valence-corrected chi connectivity index (χ3v) is 4.55. The van der Waals surface area contributed by atoms with E-state index in [2.05, 4.69) is 31.4 Å². The molecule has 0 aliphatic carbocycles. The first-order valence-corrected chi connectivity index (χ1v) is 8.91. The molecule has 3 rings (SSSR count). The minimum Gasteiger partial charge on any atom is -0.253 e. The van der Waals surface area contributed by atoms with Crippen LogP contribution in [0.2, 0.25) is 0 Å². The predicted molar refractivity (Wildman–Crippen MR) is 97.8 cm³/mol. The lowest BCUT2D eigenvalue weighted by atomic mass is 10.1. The Kier molecular flexibility index (Phi) is 5.15. The normalized spacial score (nSPS) is 11.0. The number of halogens is 2. The standard InChI is InChI=1S/C17H13BrFN3S/c18-9-12-6-7-15(19)14(8-12)10-20-22-17-21-16(11-23-17)13-4-2-1-3-5-13/h1-8,10-11H,9H2,(H,21,22). The number of aromatic nitrogens is 1. The van der Waals surface area contributed by atoms with E-state index in [4.69, 9.17) is 0 Å². The zero-order valence-corrected chi connectivity index (χ0v) is 14.4. The molecule has 23 heavy (non-hydrogen) atoms. The van der Waals surface area contributed by atoms with Crippen LogP contribution in [-0.4, -0.2) is 11.2 Å². The van der Waals surface area contributed by atoms with Crippen molar-refractivity contribution in [2.45, 2.75) is 5.33 Å². The molecule has 0 aliphatic heterocycles. The van der Waals surface area contributed by atoms with Crippen LogP contribution in [0.3, 0.4) is 0 Å². The molecule has 0 bridgehead atoms. The Morgan fingerprint density at radius 1 is 1.22 bits per heavy atom. The van der Waals surface area contributed by atoms with Gasteiger partial charge in [-0.3, -0.25) is 5.43 Å². The second kappa shape index (κ2) is 7.48. The van der Waals surface area contributed by atoms with Crippen LogP contribution in [0.1, 0.15) is 11.1 Å². The van der Waals surface area contributed by atoms with Crippen molar-refractivity contribution < 1.29 is 4.39 Å². The monoisotopic (exact) mass is 389 g/mol. The summed E-state index contributed by atoms with van der Waals surface area (Å²) in [5.74, 6) is -0.302. The summed E-state index contributed by atoms with van der Waals surface area (Å²) >= 11 is 4.81. The molecule has 3 aromatic rings. The maximum Gasteiger partial charge on any atom is 0.203 e. The number of hydrogen-bond donors (Lipinski definition) is 1. The minimum atomic E-state index is -0.302. The van der Waals surface area contributed by atoms with E-state index in [-0.39, 0.29) is 5.82 Å². The van der Waals surface area contributed by atoms with Gasteiger partial charge in [-0.1, -0.05) is 52.3 Å². The van der Waals surface area contributed by atoms with Gasteiger partial charge in [-0.05, 0) is 17.7 Å². The molecule has 2 aromatic carbocycles. The Morgan fingerprint density at radius 2 is 2.04 bits per heavy atom. The number of hydrogen-bond acceptors (Lipinski definition) is 4. The van der Waals surface area contributed by atoms with Crippen molar-refractivity contribution in [3.05, 3.63) is 70.9 Å². The number of hydrazone groups is 1. The molecule has 0 unspecified atom stereocenters. The van der Waals surface area contributed by atoms with E-state index in [1.807, 2.05) is 35.7 Å². The first kappa shape index (κ1) is 15.8. The van der Waals surface area contributed by atoms with Gasteiger partial charge in [-0.2, -0.15) is 5.10 Å². The molecule has 0 amide bonds. The summed E-state index contributed by atoms with van der Waals surface area (Å²) in [7, 11) is 0. The number of anilines is 1. The van der Waals surface area contributed by atoms with Gasteiger partial charge in [0.1, 0.15) is 5.82 Å². The lowest BCUT2D eigenvalue weighted by Crippen LogP contribution is -1.94. The molecular weight excluding hydrogens is 377 g/mol. The average molecular weight is 390 g/mol. The van der Waals surface area contributed by atoms with Crippen LogP contribution in [0.25, 0.3) is 11.3 Å². The number of nitrogens with zero attached hydrogens (tertiary/aromatic N) is 2. The van der Waals surface area contributed by atoms with Crippen molar-refractivity contribution in [1.82, 2.24) is 4.98 Å². The average Bonchev–Trinajstić information content (AvgIpc) is 3.06. The van der Waals surface area contributed by atoms with Gasteiger partial charge in [-0.25, -0.2) is 9.37 Å². The van der Waals surface area contributed by atoms with E-state index in [9.17, 15) is 4.39 Å². The van der Waals surface area contributed by atoms with Crippen molar-refractivity contribution >= 4 is 38.6 Å². The van der Waals surface area contributed by atoms with E-state index >= 15 is 0 Å².